The molecule has 7 heteroatoms. The normalized spacial score (nSPS) is 20.9. The molecule has 29 heavy (non-hydrogen) atoms. The van der Waals surface area contributed by atoms with Crippen molar-refractivity contribution in [3.63, 3.8) is 0 Å². The zero-order valence-corrected chi connectivity index (χ0v) is 16.4. The van der Waals surface area contributed by atoms with Crippen LogP contribution in [0.2, 0.25) is 0 Å². The van der Waals surface area contributed by atoms with E-state index in [-0.39, 0.29) is 37.2 Å². The van der Waals surface area contributed by atoms with Gasteiger partial charge in [0.15, 0.2) is 0 Å². The van der Waals surface area contributed by atoms with Gasteiger partial charge in [0, 0.05) is 18.7 Å². The van der Waals surface area contributed by atoms with Gasteiger partial charge in [-0.15, -0.1) is 0 Å². The third-order valence-corrected chi connectivity index (χ3v) is 5.47. The summed E-state index contributed by atoms with van der Waals surface area (Å²) in [4.78, 5) is 41.7. The average molecular weight is 393 g/mol. The Hall–Kier alpha value is -3.19. The number of carbonyl (C=O) groups is 3. The number of fused-ring (bicyclic) bond motifs is 2. The smallest absolute Gasteiger partial charge is 0.256 e. The number of nitrogens with zero attached hydrogens (tertiary/aromatic N) is 2. The molecule has 0 aromatic heterocycles. The molecule has 0 aliphatic carbocycles. The Labute approximate surface area is 168 Å². The fourth-order valence-corrected chi connectivity index (χ4v) is 4.07. The lowest BCUT2D eigenvalue weighted by molar-refractivity contribution is -0.124. The van der Waals surface area contributed by atoms with E-state index < -0.39 is 12.1 Å². The Morgan fingerprint density at radius 2 is 1.93 bits per heavy atom. The first kappa shape index (κ1) is 19.1. The number of anilines is 2. The first-order valence-electron chi connectivity index (χ1n) is 9.61. The van der Waals surface area contributed by atoms with E-state index >= 15 is 0 Å². The lowest BCUT2D eigenvalue weighted by Gasteiger charge is -2.25. The van der Waals surface area contributed by atoms with Crippen LogP contribution in [-0.4, -0.2) is 53.0 Å². The third kappa shape index (κ3) is 3.49. The van der Waals surface area contributed by atoms with Crippen molar-refractivity contribution in [1.82, 2.24) is 4.90 Å². The largest absolute Gasteiger partial charge is 0.391 e. The molecule has 4 rings (SSSR count). The van der Waals surface area contributed by atoms with Gasteiger partial charge in [-0.2, -0.15) is 0 Å². The number of aliphatic hydroxyl groups is 1. The number of para-hydroxylation sites is 1. The summed E-state index contributed by atoms with van der Waals surface area (Å²) >= 11 is 0. The molecule has 2 aliphatic rings. The van der Waals surface area contributed by atoms with Crippen LogP contribution in [0.1, 0.15) is 27.9 Å². The van der Waals surface area contributed by atoms with Crippen molar-refractivity contribution in [2.45, 2.75) is 32.4 Å². The summed E-state index contributed by atoms with van der Waals surface area (Å²) in [5.41, 5.74) is 3.49. The van der Waals surface area contributed by atoms with E-state index in [1.807, 2.05) is 32.0 Å². The minimum atomic E-state index is -0.765. The lowest BCUT2D eigenvalue weighted by atomic mass is 10.1. The molecule has 7 nitrogen and oxygen atoms in total. The fraction of sp³-hybridized carbons (Fsp3) is 0.318. The van der Waals surface area contributed by atoms with E-state index in [0.29, 0.717) is 16.9 Å². The van der Waals surface area contributed by atoms with Crippen molar-refractivity contribution in [2.24, 2.45) is 0 Å². The second kappa shape index (κ2) is 7.33. The van der Waals surface area contributed by atoms with Crippen molar-refractivity contribution in [2.75, 3.05) is 23.3 Å². The van der Waals surface area contributed by atoms with E-state index in [1.54, 1.807) is 24.3 Å². The third-order valence-electron chi connectivity index (χ3n) is 5.47. The highest BCUT2D eigenvalue weighted by Crippen LogP contribution is 2.32. The minimum Gasteiger partial charge on any atom is -0.391 e. The number of aryl methyl sites for hydroxylation is 2. The molecular weight excluding hydrogens is 370 g/mol. The maximum absolute atomic E-state index is 13.2. The van der Waals surface area contributed by atoms with Gasteiger partial charge in [0.1, 0.15) is 12.6 Å². The second-order valence-corrected chi connectivity index (χ2v) is 7.67. The molecule has 1 saturated heterocycles. The number of hydrogen-bond acceptors (Lipinski definition) is 4. The number of aliphatic hydroxyl groups excluding tert-OH is 1. The molecule has 2 unspecified atom stereocenters. The van der Waals surface area contributed by atoms with Gasteiger partial charge in [0.25, 0.3) is 5.91 Å². The van der Waals surface area contributed by atoms with Crippen molar-refractivity contribution < 1.29 is 19.5 Å². The Morgan fingerprint density at radius 1 is 1.17 bits per heavy atom. The summed E-state index contributed by atoms with van der Waals surface area (Å²) in [5, 5.41) is 12.9. The number of hydrogen-bond donors (Lipinski definition) is 2. The summed E-state index contributed by atoms with van der Waals surface area (Å²) in [6.45, 7) is 3.79. The second-order valence-electron chi connectivity index (χ2n) is 7.67. The highest BCUT2D eigenvalue weighted by atomic mass is 16.3. The SMILES string of the molecule is Cc1ccc(NC(=O)CN2C(=O)C3CC(O)CN3C(=O)c3ccccc32)c(C)c1. The maximum atomic E-state index is 13.2. The Morgan fingerprint density at radius 3 is 2.69 bits per heavy atom. The van der Waals surface area contributed by atoms with Gasteiger partial charge < -0.3 is 20.2 Å². The van der Waals surface area contributed by atoms with Crippen molar-refractivity contribution in [3.8, 4) is 0 Å². The van der Waals surface area contributed by atoms with E-state index in [1.165, 1.54) is 9.80 Å². The number of carbonyl (C=O) groups excluding carboxylic acids is 3. The number of benzene rings is 2. The van der Waals surface area contributed by atoms with Crippen molar-refractivity contribution >= 4 is 29.1 Å². The van der Waals surface area contributed by atoms with Crippen LogP contribution in [0, 0.1) is 13.8 Å². The molecule has 3 amide bonds. The first-order valence-corrected chi connectivity index (χ1v) is 9.61. The molecule has 2 N–H and O–H groups in total. The summed E-state index contributed by atoms with van der Waals surface area (Å²) in [6, 6.07) is 11.7. The van der Waals surface area contributed by atoms with Gasteiger partial charge in [-0.05, 0) is 37.6 Å². The van der Waals surface area contributed by atoms with Gasteiger partial charge in [-0.1, -0.05) is 29.8 Å². The lowest BCUT2D eigenvalue weighted by Crippen LogP contribution is -2.47. The van der Waals surface area contributed by atoms with E-state index in [9.17, 15) is 19.5 Å². The predicted molar refractivity (Wildman–Crippen MR) is 109 cm³/mol. The molecule has 150 valence electrons. The van der Waals surface area contributed by atoms with Gasteiger partial charge in [0.05, 0.1) is 17.4 Å². The maximum Gasteiger partial charge on any atom is 0.256 e. The molecule has 2 aromatic carbocycles. The summed E-state index contributed by atoms with van der Waals surface area (Å²) in [7, 11) is 0. The summed E-state index contributed by atoms with van der Waals surface area (Å²) in [5.74, 6) is -0.997. The van der Waals surface area contributed by atoms with Crippen LogP contribution in [0.25, 0.3) is 0 Å². The van der Waals surface area contributed by atoms with Crippen LogP contribution < -0.4 is 10.2 Å². The zero-order valence-electron chi connectivity index (χ0n) is 16.4. The molecule has 2 aliphatic heterocycles. The van der Waals surface area contributed by atoms with E-state index in [0.717, 1.165) is 11.1 Å². The van der Waals surface area contributed by atoms with Crippen LogP contribution in [0.3, 0.4) is 0 Å². The Bertz CT molecular complexity index is 1000. The Balaban J connectivity index is 1.64. The average Bonchev–Trinajstić information content (AvgIpc) is 3.06. The van der Waals surface area contributed by atoms with Gasteiger partial charge in [0.2, 0.25) is 11.8 Å². The van der Waals surface area contributed by atoms with Gasteiger partial charge >= 0.3 is 0 Å². The summed E-state index contributed by atoms with van der Waals surface area (Å²) < 4.78 is 0. The molecular formula is C22H23N3O4. The van der Waals surface area contributed by atoms with Crippen LogP contribution in [-0.2, 0) is 9.59 Å². The van der Waals surface area contributed by atoms with Crippen LogP contribution >= 0.6 is 0 Å². The van der Waals surface area contributed by atoms with E-state index in [2.05, 4.69) is 5.32 Å². The van der Waals surface area contributed by atoms with Crippen LogP contribution in [0.15, 0.2) is 42.5 Å². The Kier molecular flexibility index (Phi) is 4.84. The fourth-order valence-electron chi connectivity index (χ4n) is 4.07. The topological polar surface area (TPSA) is 89.9 Å². The summed E-state index contributed by atoms with van der Waals surface area (Å²) in [6.07, 6.45) is -0.572. The number of rotatable bonds is 3. The van der Waals surface area contributed by atoms with Crippen LogP contribution in [0.4, 0.5) is 11.4 Å². The molecule has 0 bridgehead atoms. The first-order chi connectivity index (χ1) is 13.8. The quantitative estimate of drug-likeness (QED) is 0.833. The predicted octanol–water partition coefficient (Wildman–Crippen LogP) is 1.86. The molecule has 1 fully saturated rings. The monoisotopic (exact) mass is 393 g/mol. The minimum absolute atomic E-state index is 0.117. The molecule has 0 radical (unpaired) electrons. The molecule has 0 spiro atoms. The van der Waals surface area contributed by atoms with E-state index in [4.69, 9.17) is 0 Å². The molecule has 2 atom stereocenters. The standard InChI is InChI=1S/C22H23N3O4/c1-13-7-8-17(14(2)9-13)23-20(27)12-25-18-6-4-3-5-16(18)21(28)24-11-15(26)10-19(24)22(25)29/h3-9,15,19,26H,10-12H2,1-2H3,(H,23,27). The van der Waals surface area contributed by atoms with Gasteiger partial charge in [-0.25, -0.2) is 0 Å². The molecule has 0 saturated carbocycles. The molecule has 2 heterocycles. The highest BCUT2D eigenvalue weighted by Gasteiger charge is 2.45. The number of nitrogens with one attached hydrogen (secondary N) is 1. The van der Waals surface area contributed by atoms with Crippen molar-refractivity contribution in [3.05, 3.63) is 59.2 Å². The zero-order chi connectivity index (χ0) is 20.7. The van der Waals surface area contributed by atoms with Crippen molar-refractivity contribution in [1.29, 1.82) is 0 Å². The molecule has 2 aromatic rings. The van der Waals surface area contributed by atoms with Crippen LogP contribution in [0.5, 0.6) is 0 Å². The van der Waals surface area contributed by atoms with Gasteiger partial charge in [-0.3, -0.25) is 14.4 Å². The highest BCUT2D eigenvalue weighted by molar-refractivity contribution is 6.13. The number of amides is 3.